The van der Waals surface area contributed by atoms with E-state index in [2.05, 4.69) is 15.3 Å². The highest BCUT2D eigenvalue weighted by atomic mass is 16.2. The van der Waals surface area contributed by atoms with E-state index in [1.54, 1.807) is 11.2 Å². The number of carbonyl (C=O) groups is 1. The van der Waals surface area contributed by atoms with E-state index in [1.807, 2.05) is 6.92 Å². The zero-order valence-corrected chi connectivity index (χ0v) is 7.11. The number of hydrogen-bond acceptors (Lipinski definition) is 4. The van der Waals surface area contributed by atoms with Gasteiger partial charge in [0, 0.05) is 6.54 Å². The fourth-order valence-corrected chi connectivity index (χ4v) is 1.37. The predicted molar refractivity (Wildman–Crippen MR) is 48.0 cm³/mol. The maximum absolute atomic E-state index is 11.4. The molecule has 1 atom stereocenters. The van der Waals surface area contributed by atoms with Crippen molar-refractivity contribution >= 4 is 24.0 Å². The minimum absolute atomic E-state index is 0.133. The number of likely N-dealkylation sites (N-methyl/N-ethyl adjacent to an activating group) is 1. The van der Waals surface area contributed by atoms with Crippen LogP contribution in [0.2, 0.25) is 0 Å². The molecule has 2 aliphatic rings. The lowest BCUT2D eigenvalue weighted by molar-refractivity contribution is -0.121. The summed E-state index contributed by atoms with van der Waals surface area (Å²) in [6.45, 7) is 2.64. The second-order valence-electron chi connectivity index (χ2n) is 2.79. The van der Waals surface area contributed by atoms with E-state index >= 15 is 0 Å². The standard InChI is InChI=1S/C7H9N5O/c1-2-12-3-9-5-4(12)6(13)11-7(8)10-5/h3-4H,2H2,1H3,(H2,8,11,13). The van der Waals surface area contributed by atoms with Crippen LogP contribution >= 0.6 is 0 Å². The first-order chi connectivity index (χ1) is 6.22. The quantitative estimate of drug-likeness (QED) is 0.551. The van der Waals surface area contributed by atoms with Crippen molar-refractivity contribution in [3.63, 3.8) is 0 Å². The molecule has 13 heavy (non-hydrogen) atoms. The number of aliphatic imine (C=N–C) groups is 2. The minimum atomic E-state index is -0.431. The van der Waals surface area contributed by atoms with Crippen LogP contribution in [-0.4, -0.2) is 41.5 Å². The molecule has 2 rings (SSSR count). The molecular formula is C7H9N5O. The first kappa shape index (κ1) is 7.90. The van der Waals surface area contributed by atoms with Crippen molar-refractivity contribution in [1.82, 2.24) is 10.2 Å². The number of hydrogen-bond donors (Lipinski definition) is 2. The van der Waals surface area contributed by atoms with Crippen molar-refractivity contribution in [2.45, 2.75) is 13.0 Å². The lowest BCUT2D eigenvalue weighted by Crippen LogP contribution is -2.52. The van der Waals surface area contributed by atoms with E-state index in [4.69, 9.17) is 5.41 Å². The highest BCUT2D eigenvalue weighted by Crippen LogP contribution is 2.11. The van der Waals surface area contributed by atoms with Crippen LogP contribution in [0.15, 0.2) is 9.98 Å². The van der Waals surface area contributed by atoms with E-state index in [-0.39, 0.29) is 11.9 Å². The van der Waals surface area contributed by atoms with Crippen molar-refractivity contribution in [3.8, 4) is 0 Å². The molecule has 2 N–H and O–H groups in total. The number of fused-ring (bicyclic) bond motifs is 1. The van der Waals surface area contributed by atoms with Crippen LogP contribution in [0.5, 0.6) is 0 Å². The smallest absolute Gasteiger partial charge is 0.257 e. The topological polar surface area (TPSA) is 80.9 Å². The van der Waals surface area contributed by atoms with Crippen LogP contribution < -0.4 is 5.32 Å². The summed E-state index contributed by atoms with van der Waals surface area (Å²) >= 11 is 0. The lowest BCUT2D eigenvalue weighted by atomic mass is 10.2. The van der Waals surface area contributed by atoms with Crippen LogP contribution in [0, 0.1) is 5.41 Å². The molecule has 0 fully saturated rings. The number of carbonyl (C=O) groups excluding carboxylic acids is 1. The molecule has 0 bridgehead atoms. The Kier molecular flexibility index (Phi) is 1.61. The van der Waals surface area contributed by atoms with Crippen molar-refractivity contribution in [2.75, 3.05) is 6.54 Å². The molecule has 0 radical (unpaired) electrons. The Labute approximate surface area is 74.9 Å². The average molecular weight is 179 g/mol. The summed E-state index contributed by atoms with van der Waals surface area (Å²) in [5, 5.41) is 9.53. The zero-order chi connectivity index (χ0) is 9.42. The van der Waals surface area contributed by atoms with Crippen molar-refractivity contribution in [1.29, 1.82) is 5.41 Å². The molecule has 0 aromatic carbocycles. The molecule has 6 heteroatoms. The van der Waals surface area contributed by atoms with Gasteiger partial charge in [-0.2, -0.15) is 4.99 Å². The van der Waals surface area contributed by atoms with Gasteiger partial charge in [-0.3, -0.25) is 15.5 Å². The van der Waals surface area contributed by atoms with Crippen LogP contribution in [0.25, 0.3) is 0 Å². The van der Waals surface area contributed by atoms with Gasteiger partial charge in [-0.15, -0.1) is 0 Å². The summed E-state index contributed by atoms with van der Waals surface area (Å²) in [6.07, 6.45) is 1.58. The normalized spacial score (nSPS) is 25.8. The van der Waals surface area contributed by atoms with Gasteiger partial charge < -0.3 is 4.90 Å². The van der Waals surface area contributed by atoms with E-state index in [9.17, 15) is 4.79 Å². The Hall–Kier alpha value is -1.72. The first-order valence-corrected chi connectivity index (χ1v) is 4.00. The number of guanidine groups is 1. The number of amides is 1. The molecule has 2 aliphatic heterocycles. The molecule has 0 spiro atoms. The second-order valence-corrected chi connectivity index (χ2v) is 2.79. The number of nitrogens with one attached hydrogen (secondary N) is 2. The van der Waals surface area contributed by atoms with E-state index < -0.39 is 6.04 Å². The molecule has 6 nitrogen and oxygen atoms in total. The maximum atomic E-state index is 11.4. The van der Waals surface area contributed by atoms with Crippen LogP contribution in [0.1, 0.15) is 6.92 Å². The molecule has 0 saturated heterocycles. The van der Waals surface area contributed by atoms with Gasteiger partial charge >= 0.3 is 0 Å². The summed E-state index contributed by atoms with van der Waals surface area (Å²) in [5.41, 5.74) is 0. The van der Waals surface area contributed by atoms with Gasteiger partial charge in [0.15, 0.2) is 11.9 Å². The van der Waals surface area contributed by atoms with Gasteiger partial charge in [-0.25, -0.2) is 4.99 Å². The van der Waals surface area contributed by atoms with Gasteiger partial charge in [-0.1, -0.05) is 0 Å². The minimum Gasteiger partial charge on any atom is -0.344 e. The maximum Gasteiger partial charge on any atom is 0.257 e. The van der Waals surface area contributed by atoms with E-state index in [0.717, 1.165) is 0 Å². The zero-order valence-electron chi connectivity index (χ0n) is 7.11. The molecule has 1 amide bonds. The fourth-order valence-electron chi connectivity index (χ4n) is 1.37. The molecule has 1 unspecified atom stereocenters. The Morgan fingerprint density at radius 3 is 3.23 bits per heavy atom. The Balaban J connectivity index is 2.35. The van der Waals surface area contributed by atoms with Crippen molar-refractivity contribution in [3.05, 3.63) is 0 Å². The molecular weight excluding hydrogens is 170 g/mol. The van der Waals surface area contributed by atoms with Crippen LogP contribution in [-0.2, 0) is 4.79 Å². The summed E-state index contributed by atoms with van der Waals surface area (Å²) in [4.78, 5) is 21.0. The number of rotatable bonds is 1. The van der Waals surface area contributed by atoms with Crippen LogP contribution in [0.4, 0.5) is 0 Å². The molecule has 0 aliphatic carbocycles. The molecule has 0 saturated carbocycles. The Bertz CT molecular complexity index is 332. The molecule has 68 valence electrons. The van der Waals surface area contributed by atoms with Gasteiger partial charge in [0.2, 0.25) is 5.96 Å². The first-order valence-electron chi connectivity index (χ1n) is 4.00. The largest absolute Gasteiger partial charge is 0.344 e. The third-order valence-electron chi connectivity index (χ3n) is 2.00. The number of amidine groups is 1. The third-order valence-corrected chi connectivity index (χ3v) is 2.00. The van der Waals surface area contributed by atoms with Gasteiger partial charge in [0.05, 0.1) is 6.34 Å². The SMILES string of the molecule is CCN1C=NC2=NC(=N)NC(=O)C21. The predicted octanol–water partition coefficient (Wildman–Crippen LogP) is -0.818. The summed E-state index contributed by atoms with van der Waals surface area (Å²) in [5.74, 6) is 0.0521. The Morgan fingerprint density at radius 1 is 1.77 bits per heavy atom. The Morgan fingerprint density at radius 2 is 2.54 bits per heavy atom. The van der Waals surface area contributed by atoms with Gasteiger partial charge in [-0.05, 0) is 6.92 Å². The lowest BCUT2D eigenvalue weighted by Gasteiger charge is -2.23. The number of nitrogens with zero attached hydrogens (tertiary/aromatic N) is 3. The highest BCUT2D eigenvalue weighted by Gasteiger charge is 2.36. The molecule has 0 aromatic heterocycles. The monoisotopic (exact) mass is 179 g/mol. The van der Waals surface area contributed by atoms with Gasteiger partial charge in [0.1, 0.15) is 0 Å². The molecule has 2 heterocycles. The summed E-state index contributed by atoms with van der Waals surface area (Å²) in [6, 6.07) is -0.431. The summed E-state index contributed by atoms with van der Waals surface area (Å²) in [7, 11) is 0. The van der Waals surface area contributed by atoms with E-state index in [0.29, 0.717) is 12.4 Å². The summed E-state index contributed by atoms with van der Waals surface area (Å²) < 4.78 is 0. The second kappa shape index (κ2) is 2.65. The third kappa shape index (κ3) is 1.10. The highest BCUT2D eigenvalue weighted by molar-refractivity contribution is 6.22. The average Bonchev–Trinajstić information content (AvgIpc) is 2.47. The van der Waals surface area contributed by atoms with E-state index in [1.165, 1.54) is 0 Å². The molecule has 0 aromatic rings. The van der Waals surface area contributed by atoms with Gasteiger partial charge in [0.25, 0.3) is 5.91 Å². The van der Waals surface area contributed by atoms with Crippen molar-refractivity contribution < 1.29 is 4.79 Å². The fraction of sp³-hybridized carbons (Fsp3) is 0.429. The van der Waals surface area contributed by atoms with Crippen LogP contribution in [0.3, 0.4) is 0 Å². The van der Waals surface area contributed by atoms with Crippen molar-refractivity contribution in [2.24, 2.45) is 9.98 Å².